The molecule has 2 N–H and O–H groups in total. The van der Waals surface area contributed by atoms with Gasteiger partial charge in [-0.05, 0) is 58.7 Å². The summed E-state index contributed by atoms with van der Waals surface area (Å²) in [5, 5.41) is 0. The fourth-order valence-electron chi connectivity index (χ4n) is 3.49. The Kier molecular flexibility index (Phi) is 4.50. The molecule has 0 spiro atoms. The molecule has 3 heteroatoms. The fourth-order valence-corrected chi connectivity index (χ4v) is 3.49. The van der Waals surface area contributed by atoms with Crippen LogP contribution in [0.25, 0.3) is 0 Å². The number of hydrogen-bond donors (Lipinski definition) is 1. The standard InChI is InChI=1S/C17H27FN2/c1-12-7-9-17(10-8-12,20(3)4)16(19)14-11-13(2)5-6-15(14)18/h5-6,11-12,16H,7-10,19H2,1-4H3. The van der Waals surface area contributed by atoms with Gasteiger partial charge in [0.2, 0.25) is 0 Å². The molecule has 0 heterocycles. The van der Waals surface area contributed by atoms with Gasteiger partial charge in [-0.2, -0.15) is 0 Å². The van der Waals surface area contributed by atoms with Crippen LogP contribution in [0.15, 0.2) is 18.2 Å². The van der Waals surface area contributed by atoms with E-state index in [9.17, 15) is 4.39 Å². The van der Waals surface area contributed by atoms with E-state index in [1.54, 1.807) is 12.1 Å². The van der Waals surface area contributed by atoms with E-state index in [1.807, 2.05) is 13.0 Å². The van der Waals surface area contributed by atoms with E-state index in [4.69, 9.17) is 5.73 Å². The zero-order chi connectivity index (χ0) is 14.9. The minimum atomic E-state index is -0.273. The monoisotopic (exact) mass is 278 g/mol. The quantitative estimate of drug-likeness (QED) is 0.914. The van der Waals surface area contributed by atoms with Gasteiger partial charge < -0.3 is 10.6 Å². The van der Waals surface area contributed by atoms with Gasteiger partial charge >= 0.3 is 0 Å². The van der Waals surface area contributed by atoms with Crippen molar-refractivity contribution in [2.24, 2.45) is 11.7 Å². The summed E-state index contributed by atoms with van der Waals surface area (Å²) >= 11 is 0. The summed E-state index contributed by atoms with van der Waals surface area (Å²) in [7, 11) is 4.15. The SMILES string of the molecule is Cc1ccc(F)c(C(N)C2(N(C)C)CCC(C)CC2)c1. The van der Waals surface area contributed by atoms with Gasteiger partial charge in [0.1, 0.15) is 5.82 Å². The van der Waals surface area contributed by atoms with Crippen molar-refractivity contribution in [3.8, 4) is 0 Å². The average Bonchev–Trinajstić information content (AvgIpc) is 2.41. The highest BCUT2D eigenvalue weighted by Gasteiger charge is 2.42. The van der Waals surface area contributed by atoms with Crippen molar-refractivity contribution >= 4 is 0 Å². The van der Waals surface area contributed by atoms with Gasteiger partial charge in [-0.3, -0.25) is 0 Å². The largest absolute Gasteiger partial charge is 0.322 e. The second-order valence-electron chi connectivity index (χ2n) is 6.68. The van der Waals surface area contributed by atoms with E-state index in [0.29, 0.717) is 5.56 Å². The van der Waals surface area contributed by atoms with Crippen LogP contribution in [-0.4, -0.2) is 24.5 Å². The van der Waals surface area contributed by atoms with Gasteiger partial charge in [0.15, 0.2) is 0 Å². The summed E-state index contributed by atoms with van der Waals surface area (Å²) in [5.74, 6) is 0.570. The first-order valence-corrected chi connectivity index (χ1v) is 7.56. The molecule has 0 amide bonds. The lowest BCUT2D eigenvalue weighted by atomic mass is 9.70. The number of benzene rings is 1. The molecule has 1 aliphatic carbocycles. The number of aryl methyl sites for hydroxylation is 1. The molecular weight excluding hydrogens is 251 g/mol. The third-order valence-electron chi connectivity index (χ3n) is 5.10. The molecule has 1 aliphatic rings. The molecule has 1 atom stereocenters. The predicted octanol–water partition coefficient (Wildman–Crippen LogP) is 3.64. The maximum absolute atomic E-state index is 14.2. The molecule has 0 radical (unpaired) electrons. The Morgan fingerprint density at radius 1 is 1.30 bits per heavy atom. The second-order valence-corrected chi connectivity index (χ2v) is 6.68. The number of rotatable bonds is 3. The second kappa shape index (κ2) is 5.82. The van der Waals surface area contributed by atoms with Crippen LogP contribution in [0.5, 0.6) is 0 Å². The van der Waals surface area contributed by atoms with Crippen LogP contribution in [-0.2, 0) is 0 Å². The Hall–Kier alpha value is -0.930. The molecule has 2 nitrogen and oxygen atoms in total. The average molecular weight is 278 g/mol. The number of likely N-dealkylation sites (N-methyl/N-ethyl adjacent to an activating group) is 1. The highest BCUT2D eigenvalue weighted by Crippen LogP contribution is 2.43. The lowest BCUT2D eigenvalue weighted by Gasteiger charge is -2.48. The van der Waals surface area contributed by atoms with Crippen molar-refractivity contribution in [1.29, 1.82) is 0 Å². The summed E-state index contributed by atoms with van der Waals surface area (Å²) in [6, 6.07) is 4.98. The lowest BCUT2D eigenvalue weighted by Crippen LogP contribution is -2.54. The van der Waals surface area contributed by atoms with E-state index in [-0.39, 0.29) is 17.4 Å². The molecule has 1 aromatic carbocycles. The topological polar surface area (TPSA) is 29.3 Å². The summed E-state index contributed by atoms with van der Waals surface area (Å²) in [5.41, 5.74) is 8.14. The van der Waals surface area contributed by atoms with Gasteiger partial charge in [0.25, 0.3) is 0 Å². The van der Waals surface area contributed by atoms with Gasteiger partial charge in [0.05, 0.1) is 6.04 Å². The number of nitrogens with two attached hydrogens (primary N) is 1. The summed E-state index contributed by atoms with van der Waals surface area (Å²) in [6.45, 7) is 4.28. The molecule has 1 fully saturated rings. The van der Waals surface area contributed by atoms with Crippen molar-refractivity contribution < 1.29 is 4.39 Å². The first-order valence-electron chi connectivity index (χ1n) is 7.56. The Morgan fingerprint density at radius 2 is 1.90 bits per heavy atom. The molecule has 0 aromatic heterocycles. The molecule has 1 saturated carbocycles. The van der Waals surface area contributed by atoms with Crippen LogP contribution in [0.3, 0.4) is 0 Å². The fraction of sp³-hybridized carbons (Fsp3) is 0.647. The Bertz CT molecular complexity index is 462. The molecule has 0 saturated heterocycles. The Labute approximate surface area is 122 Å². The van der Waals surface area contributed by atoms with Crippen LogP contribution in [0.4, 0.5) is 4.39 Å². The summed E-state index contributed by atoms with van der Waals surface area (Å²) in [4.78, 5) is 2.21. The van der Waals surface area contributed by atoms with Gasteiger partial charge in [-0.15, -0.1) is 0 Å². The molecular formula is C17H27FN2. The third-order valence-corrected chi connectivity index (χ3v) is 5.10. The van der Waals surface area contributed by atoms with Gasteiger partial charge in [-0.25, -0.2) is 4.39 Å². The molecule has 1 aromatic rings. The van der Waals surface area contributed by atoms with E-state index in [2.05, 4.69) is 25.9 Å². The zero-order valence-electron chi connectivity index (χ0n) is 13.1. The summed E-state index contributed by atoms with van der Waals surface area (Å²) < 4.78 is 14.2. The molecule has 112 valence electrons. The minimum Gasteiger partial charge on any atom is -0.322 e. The van der Waals surface area contributed by atoms with E-state index in [1.165, 1.54) is 12.8 Å². The molecule has 1 unspecified atom stereocenters. The van der Waals surface area contributed by atoms with Crippen molar-refractivity contribution in [1.82, 2.24) is 4.90 Å². The lowest BCUT2D eigenvalue weighted by molar-refractivity contribution is 0.0553. The van der Waals surface area contributed by atoms with Gasteiger partial charge in [0, 0.05) is 11.1 Å². The number of halogens is 1. The minimum absolute atomic E-state index is 0.124. The van der Waals surface area contributed by atoms with Crippen molar-refractivity contribution in [3.05, 3.63) is 35.1 Å². The van der Waals surface area contributed by atoms with Crippen molar-refractivity contribution in [2.75, 3.05) is 14.1 Å². The normalized spacial score (nSPS) is 28.6. The van der Waals surface area contributed by atoms with E-state index in [0.717, 1.165) is 24.3 Å². The van der Waals surface area contributed by atoms with Crippen LogP contribution >= 0.6 is 0 Å². The van der Waals surface area contributed by atoms with Crippen molar-refractivity contribution in [2.45, 2.75) is 51.1 Å². The summed E-state index contributed by atoms with van der Waals surface area (Å²) in [6.07, 6.45) is 4.41. The van der Waals surface area contributed by atoms with Crippen molar-refractivity contribution in [3.63, 3.8) is 0 Å². The highest BCUT2D eigenvalue weighted by molar-refractivity contribution is 5.29. The molecule has 20 heavy (non-hydrogen) atoms. The van der Waals surface area contributed by atoms with Crippen LogP contribution in [0.1, 0.15) is 49.8 Å². The van der Waals surface area contributed by atoms with Crippen LogP contribution < -0.4 is 5.73 Å². The molecule has 2 rings (SSSR count). The highest BCUT2D eigenvalue weighted by atomic mass is 19.1. The maximum Gasteiger partial charge on any atom is 0.128 e. The molecule has 0 aliphatic heterocycles. The molecule has 0 bridgehead atoms. The number of nitrogens with zero attached hydrogens (tertiary/aromatic N) is 1. The number of hydrogen-bond acceptors (Lipinski definition) is 2. The Morgan fingerprint density at radius 3 is 2.45 bits per heavy atom. The first kappa shape index (κ1) is 15.5. The first-order chi connectivity index (χ1) is 9.36. The maximum atomic E-state index is 14.2. The third kappa shape index (κ3) is 2.75. The zero-order valence-corrected chi connectivity index (χ0v) is 13.1. The smallest absolute Gasteiger partial charge is 0.128 e. The predicted molar refractivity (Wildman–Crippen MR) is 82.1 cm³/mol. The van der Waals surface area contributed by atoms with E-state index >= 15 is 0 Å². The van der Waals surface area contributed by atoms with Crippen LogP contribution in [0.2, 0.25) is 0 Å². The van der Waals surface area contributed by atoms with E-state index < -0.39 is 0 Å². The Balaban J connectivity index is 2.36. The van der Waals surface area contributed by atoms with Gasteiger partial charge in [-0.1, -0.05) is 24.6 Å². The van der Waals surface area contributed by atoms with Crippen LogP contribution in [0, 0.1) is 18.7 Å².